The number of rotatable bonds is 6. The minimum absolute atomic E-state index is 0.256. The van der Waals surface area contributed by atoms with Gasteiger partial charge >= 0.3 is 0 Å². The van der Waals surface area contributed by atoms with Crippen LogP contribution in [-0.4, -0.2) is 5.11 Å². The monoisotopic (exact) mass is 439 g/mol. The van der Waals surface area contributed by atoms with Gasteiger partial charge in [-0.1, -0.05) is 91.0 Å². The minimum atomic E-state index is 0.256. The Balaban J connectivity index is 1.54. The van der Waals surface area contributed by atoms with E-state index in [0.717, 1.165) is 22.6 Å². The predicted octanol–water partition coefficient (Wildman–Crippen LogP) is 8.45. The Bertz CT molecular complexity index is 1320. The van der Waals surface area contributed by atoms with Crippen LogP contribution in [0.3, 0.4) is 0 Å². The van der Waals surface area contributed by atoms with Gasteiger partial charge in [-0.05, 0) is 76.9 Å². The van der Waals surface area contributed by atoms with Gasteiger partial charge in [-0.25, -0.2) is 0 Å². The minimum Gasteiger partial charge on any atom is -0.508 e. The number of phenols is 1. The van der Waals surface area contributed by atoms with Crippen LogP contribution in [0.1, 0.15) is 16.7 Å². The highest BCUT2D eigenvalue weighted by Crippen LogP contribution is 2.35. The van der Waals surface area contributed by atoms with Gasteiger partial charge in [-0.2, -0.15) is 0 Å². The summed E-state index contributed by atoms with van der Waals surface area (Å²) in [4.78, 5) is 2.18. The molecule has 5 aromatic rings. The Morgan fingerprint density at radius 1 is 0.471 bits per heavy atom. The fourth-order valence-electron chi connectivity index (χ4n) is 4.08. The molecule has 0 amide bonds. The average molecular weight is 440 g/mol. The van der Waals surface area contributed by atoms with Crippen LogP contribution in [0.4, 0.5) is 17.1 Å². The maximum atomic E-state index is 9.76. The number of nitrogens with zero attached hydrogens (tertiary/aromatic N) is 1. The normalized spacial score (nSPS) is 10.5. The zero-order valence-electron chi connectivity index (χ0n) is 18.8. The molecule has 0 unspecified atom stereocenters. The molecule has 164 valence electrons. The quantitative estimate of drug-likeness (QED) is 0.268. The number of phenolic OH excluding ortho intramolecular Hbond substituents is 1. The molecule has 5 rings (SSSR count). The third kappa shape index (κ3) is 4.77. The average Bonchev–Trinajstić information content (AvgIpc) is 2.91. The fourth-order valence-corrected chi connectivity index (χ4v) is 4.08. The van der Waals surface area contributed by atoms with E-state index in [1.165, 1.54) is 16.7 Å². The Labute approximate surface area is 200 Å². The highest BCUT2D eigenvalue weighted by molar-refractivity contribution is 5.91. The summed E-state index contributed by atoms with van der Waals surface area (Å²) in [6.07, 6.45) is 2.24. The van der Waals surface area contributed by atoms with Gasteiger partial charge in [0, 0.05) is 17.1 Å². The maximum Gasteiger partial charge on any atom is 0.115 e. The van der Waals surface area contributed by atoms with E-state index in [1.54, 1.807) is 12.1 Å². The molecule has 0 aliphatic carbocycles. The highest BCUT2D eigenvalue weighted by Gasteiger charge is 2.12. The Morgan fingerprint density at radius 3 is 1.38 bits per heavy atom. The fraction of sp³-hybridized carbons (Fsp3) is 0. The van der Waals surface area contributed by atoms with Gasteiger partial charge in [0.25, 0.3) is 0 Å². The number of hydrogen-bond acceptors (Lipinski definition) is 2. The van der Waals surface area contributed by atoms with Gasteiger partial charge in [0.2, 0.25) is 0 Å². The van der Waals surface area contributed by atoms with Crippen LogP contribution in [-0.2, 0) is 0 Å². The molecule has 0 saturated heterocycles. The molecular formula is C32H25NO. The van der Waals surface area contributed by atoms with Crippen molar-refractivity contribution in [3.8, 4) is 5.75 Å². The van der Waals surface area contributed by atoms with E-state index in [9.17, 15) is 5.11 Å². The third-order valence-electron chi connectivity index (χ3n) is 5.75. The number of benzene rings is 5. The van der Waals surface area contributed by atoms with E-state index in [2.05, 4.69) is 95.9 Å². The summed E-state index contributed by atoms with van der Waals surface area (Å²) in [5, 5.41) is 9.76. The molecular weight excluding hydrogens is 414 g/mol. The van der Waals surface area contributed by atoms with E-state index in [4.69, 9.17) is 0 Å². The van der Waals surface area contributed by atoms with E-state index < -0.39 is 0 Å². The van der Waals surface area contributed by atoms with Crippen molar-refractivity contribution in [2.75, 3.05) is 4.90 Å². The van der Waals surface area contributed by atoms with Gasteiger partial charge in [0.1, 0.15) is 5.75 Å². The van der Waals surface area contributed by atoms with Crippen LogP contribution >= 0.6 is 0 Å². The number of aromatic hydroxyl groups is 1. The molecule has 0 saturated carbocycles. The van der Waals surface area contributed by atoms with Crippen molar-refractivity contribution in [3.05, 3.63) is 156 Å². The second-order valence-corrected chi connectivity index (χ2v) is 8.07. The number of hydrogen-bond donors (Lipinski definition) is 1. The van der Waals surface area contributed by atoms with E-state index in [0.29, 0.717) is 0 Å². The predicted molar refractivity (Wildman–Crippen MR) is 143 cm³/mol. The molecule has 0 bridgehead atoms. The third-order valence-corrected chi connectivity index (χ3v) is 5.75. The summed E-state index contributed by atoms with van der Waals surface area (Å²) in [5.74, 6) is 0.256. The second-order valence-electron chi connectivity index (χ2n) is 8.07. The van der Waals surface area contributed by atoms with Crippen LogP contribution in [0.2, 0.25) is 0 Å². The summed E-state index contributed by atoms with van der Waals surface area (Å²) >= 11 is 0. The standard InChI is InChI=1S/C32H25NO/c34-31-22-20-30(21-23-31)33(28-14-8-3-9-15-28)29-18-16-25(17-19-29)24-32(26-10-4-1-5-11-26)27-12-6-2-7-13-27/h1-24,34H. The van der Waals surface area contributed by atoms with Crippen molar-refractivity contribution in [1.82, 2.24) is 0 Å². The van der Waals surface area contributed by atoms with E-state index in [1.807, 2.05) is 42.5 Å². The van der Waals surface area contributed by atoms with Crippen molar-refractivity contribution in [1.29, 1.82) is 0 Å². The van der Waals surface area contributed by atoms with Crippen LogP contribution in [0.15, 0.2) is 140 Å². The van der Waals surface area contributed by atoms with Gasteiger partial charge in [-0.3, -0.25) is 0 Å². The molecule has 0 heterocycles. The molecule has 0 aliphatic rings. The number of para-hydroxylation sites is 1. The molecule has 0 aromatic heterocycles. The highest BCUT2D eigenvalue weighted by atomic mass is 16.3. The van der Waals surface area contributed by atoms with Crippen molar-refractivity contribution in [3.63, 3.8) is 0 Å². The first kappa shape index (κ1) is 21.3. The zero-order chi connectivity index (χ0) is 23.2. The molecule has 5 aromatic carbocycles. The molecule has 0 fully saturated rings. The molecule has 2 nitrogen and oxygen atoms in total. The second kappa shape index (κ2) is 9.93. The van der Waals surface area contributed by atoms with Gasteiger partial charge in [-0.15, -0.1) is 0 Å². The Morgan fingerprint density at radius 2 is 0.882 bits per heavy atom. The molecule has 0 radical (unpaired) electrons. The van der Waals surface area contributed by atoms with Gasteiger partial charge < -0.3 is 10.0 Å². The molecule has 1 N–H and O–H groups in total. The van der Waals surface area contributed by atoms with Crippen LogP contribution in [0, 0.1) is 0 Å². The largest absolute Gasteiger partial charge is 0.508 e. The molecule has 0 atom stereocenters. The molecule has 0 spiro atoms. The zero-order valence-corrected chi connectivity index (χ0v) is 18.8. The summed E-state index contributed by atoms with van der Waals surface area (Å²) in [6.45, 7) is 0. The summed E-state index contributed by atoms with van der Waals surface area (Å²) < 4.78 is 0. The van der Waals surface area contributed by atoms with E-state index >= 15 is 0 Å². The molecule has 0 aliphatic heterocycles. The summed E-state index contributed by atoms with van der Waals surface area (Å²) in [5.41, 5.74) is 7.79. The van der Waals surface area contributed by atoms with Crippen molar-refractivity contribution >= 4 is 28.7 Å². The Hall–Kier alpha value is -4.56. The van der Waals surface area contributed by atoms with E-state index in [-0.39, 0.29) is 5.75 Å². The lowest BCUT2D eigenvalue weighted by molar-refractivity contribution is 0.475. The van der Waals surface area contributed by atoms with Crippen LogP contribution < -0.4 is 4.90 Å². The van der Waals surface area contributed by atoms with Crippen molar-refractivity contribution in [2.24, 2.45) is 0 Å². The first-order valence-corrected chi connectivity index (χ1v) is 11.3. The maximum absolute atomic E-state index is 9.76. The lowest BCUT2D eigenvalue weighted by Gasteiger charge is -2.25. The topological polar surface area (TPSA) is 23.5 Å². The number of anilines is 3. The molecule has 34 heavy (non-hydrogen) atoms. The van der Waals surface area contributed by atoms with Crippen LogP contribution in [0.5, 0.6) is 5.75 Å². The van der Waals surface area contributed by atoms with Gasteiger partial charge in [0.05, 0.1) is 0 Å². The molecule has 2 heteroatoms. The first-order valence-electron chi connectivity index (χ1n) is 11.3. The first-order chi connectivity index (χ1) is 16.8. The smallest absolute Gasteiger partial charge is 0.115 e. The SMILES string of the molecule is Oc1ccc(N(c2ccccc2)c2ccc(C=C(c3ccccc3)c3ccccc3)cc2)cc1. The summed E-state index contributed by atoms with van der Waals surface area (Å²) in [7, 11) is 0. The van der Waals surface area contributed by atoms with Crippen molar-refractivity contribution < 1.29 is 5.11 Å². The van der Waals surface area contributed by atoms with Crippen LogP contribution in [0.25, 0.3) is 11.6 Å². The lowest BCUT2D eigenvalue weighted by Crippen LogP contribution is -2.09. The van der Waals surface area contributed by atoms with Gasteiger partial charge in [0.15, 0.2) is 0 Å². The lowest BCUT2D eigenvalue weighted by atomic mass is 9.95. The summed E-state index contributed by atoms with van der Waals surface area (Å²) in [6, 6.07) is 47.1. The Kier molecular flexibility index (Phi) is 6.22. The van der Waals surface area contributed by atoms with Crippen molar-refractivity contribution in [2.45, 2.75) is 0 Å².